The van der Waals surface area contributed by atoms with Gasteiger partial charge in [-0.05, 0) is 48.5 Å². The van der Waals surface area contributed by atoms with Gasteiger partial charge in [-0.1, -0.05) is 6.07 Å². The summed E-state index contributed by atoms with van der Waals surface area (Å²) in [6.07, 6.45) is 4.79. The van der Waals surface area contributed by atoms with Gasteiger partial charge in [0.05, 0.1) is 0 Å². The number of nitrogens with zero attached hydrogens (tertiary/aromatic N) is 2. The highest BCUT2D eigenvalue weighted by Gasteiger charge is 2.18. The second-order valence-corrected chi connectivity index (χ2v) is 7.78. The molecule has 5 rings (SSSR count). The van der Waals surface area contributed by atoms with Crippen LogP contribution in [-0.4, -0.2) is 20.4 Å². The van der Waals surface area contributed by atoms with Crippen molar-refractivity contribution in [1.29, 1.82) is 0 Å². The second-order valence-electron chi connectivity index (χ2n) is 7.78. The third kappa shape index (κ3) is 4.26. The van der Waals surface area contributed by atoms with Crippen LogP contribution in [0.3, 0.4) is 0 Å². The lowest BCUT2D eigenvalue weighted by Gasteiger charge is -2.14. The molecule has 0 atom stereocenters. The fourth-order valence-corrected chi connectivity index (χ4v) is 3.86. The van der Waals surface area contributed by atoms with Crippen LogP contribution in [-0.2, 0) is 7.05 Å². The second kappa shape index (κ2) is 8.86. The van der Waals surface area contributed by atoms with Gasteiger partial charge < -0.3 is 19.6 Å². The van der Waals surface area contributed by atoms with Gasteiger partial charge in [0.2, 0.25) is 0 Å². The third-order valence-electron chi connectivity index (χ3n) is 5.44. The average molecular weight is 472 g/mol. The van der Waals surface area contributed by atoms with Crippen LogP contribution in [0.25, 0.3) is 22.0 Å². The number of hydrogen-bond acceptors (Lipinski definition) is 4. The maximum Gasteiger partial charge on any atom is 0.274 e. The number of carbonyl (C=O) groups is 1. The van der Waals surface area contributed by atoms with Crippen LogP contribution in [0, 0.1) is 11.6 Å². The van der Waals surface area contributed by atoms with Gasteiger partial charge in [-0.2, -0.15) is 0 Å². The minimum atomic E-state index is -0.863. The number of amides is 1. The Balaban J connectivity index is 1.63. The molecule has 35 heavy (non-hydrogen) atoms. The molecule has 9 heteroatoms. The number of pyridine rings is 2. The Morgan fingerprint density at radius 3 is 2.63 bits per heavy atom. The molecule has 0 fully saturated rings. The topological polar surface area (TPSA) is 89.0 Å². The molecular formula is C26H18F2N4O3. The number of aromatic amines is 1. The number of benzene rings is 2. The van der Waals surface area contributed by atoms with Crippen molar-refractivity contribution in [2.75, 3.05) is 5.32 Å². The van der Waals surface area contributed by atoms with E-state index in [0.717, 1.165) is 12.1 Å². The molecule has 0 saturated heterocycles. The zero-order chi connectivity index (χ0) is 24.5. The van der Waals surface area contributed by atoms with E-state index in [1.54, 1.807) is 60.3 Å². The fraction of sp³-hybridized carbons (Fsp3) is 0.0385. The number of ether oxygens (including phenoxy) is 1. The van der Waals surface area contributed by atoms with Crippen LogP contribution in [0.15, 0.2) is 84.0 Å². The predicted octanol–water partition coefficient (Wildman–Crippen LogP) is 5.25. The number of H-pyrrole nitrogens is 1. The first-order valence-corrected chi connectivity index (χ1v) is 10.6. The highest BCUT2D eigenvalue weighted by atomic mass is 19.1. The van der Waals surface area contributed by atoms with Crippen molar-refractivity contribution in [3.05, 3.63) is 107 Å². The molecule has 174 valence electrons. The monoisotopic (exact) mass is 472 g/mol. The molecule has 0 aliphatic rings. The van der Waals surface area contributed by atoms with Crippen molar-refractivity contribution in [2.24, 2.45) is 7.05 Å². The first kappa shape index (κ1) is 22.0. The fourth-order valence-electron chi connectivity index (χ4n) is 3.86. The van der Waals surface area contributed by atoms with Gasteiger partial charge in [0.1, 0.15) is 22.8 Å². The van der Waals surface area contributed by atoms with Gasteiger partial charge in [-0.15, -0.1) is 0 Å². The number of rotatable bonds is 5. The normalized spacial score (nSPS) is 10.9. The highest BCUT2D eigenvalue weighted by Crippen LogP contribution is 2.39. The summed E-state index contributed by atoms with van der Waals surface area (Å²) in [5.74, 6) is -1.92. The van der Waals surface area contributed by atoms with Crippen molar-refractivity contribution in [3.63, 3.8) is 0 Å². The number of halogens is 2. The summed E-state index contributed by atoms with van der Waals surface area (Å²) in [6.45, 7) is 0. The van der Waals surface area contributed by atoms with Gasteiger partial charge in [0, 0.05) is 53.9 Å². The van der Waals surface area contributed by atoms with Crippen LogP contribution in [0.1, 0.15) is 10.5 Å². The van der Waals surface area contributed by atoms with E-state index in [0.29, 0.717) is 27.7 Å². The first-order chi connectivity index (χ1) is 16.9. The Labute approximate surface area is 197 Å². The molecule has 0 saturated carbocycles. The van der Waals surface area contributed by atoms with E-state index in [4.69, 9.17) is 4.74 Å². The SMILES string of the molecule is Cn1cc(-c2cc(NC(=O)c3ccccn3)ccc2Oc2ccc(F)cc2F)c2cc[nH]c(=O)c21. The van der Waals surface area contributed by atoms with Gasteiger partial charge in [0.15, 0.2) is 11.6 Å². The first-order valence-electron chi connectivity index (χ1n) is 10.6. The molecule has 2 aromatic carbocycles. The van der Waals surface area contributed by atoms with E-state index in [2.05, 4.69) is 15.3 Å². The Morgan fingerprint density at radius 1 is 1.03 bits per heavy atom. The number of anilines is 1. The number of nitrogens with one attached hydrogen (secondary N) is 2. The Morgan fingerprint density at radius 2 is 1.86 bits per heavy atom. The smallest absolute Gasteiger partial charge is 0.274 e. The average Bonchev–Trinajstić information content (AvgIpc) is 3.19. The summed E-state index contributed by atoms with van der Waals surface area (Å²) in [6, 6.07) is 14.6. The minimum Gasteiger partial charge on any atom is -0.454 e. The quantitative estimate of drug-likeness (QED) is 0.366. The maximum absolute atomic E-state index is 14.3. The molecule has 3 aromatic heterocycles. The number of fused-ring (bicyclic) bond motifs is 1. The van der Waals surface area contributed by atoms with Crippen molar-refractivity contribution >= 4 is 22.5 Å². The molecular weight excluding hydrogens is 454 g/mol. The van der Waals surface area contributed by atoms with Crippen LogP contribution in [0.5, 0.6) is 11.5 Å². The van der Waals surface area contributed by atoms with Crippen LogP contribution < -0.4 is 15.6 Å². The van der Waals surface area contributed by atoms with Crippen LogP contribution >= 0.6 is 0 Å². The molecule has 3 heterocycles. The number of hydrogen-bond donors (Lipinski definition) is 2. The Bertz CT molecular complexity index is 1630. The predicted molar refractivity (Wildman–Crippen MR) is 128 cm³/mol. The van der Waals surface area contributed by atoms with Crippen molar-refractivity contribution in [3.8, 4) is 22.6 Å². The summed E-state index contributed by atoms with van der Waals surface area (Å²) in [7, 11) is 1.73. The summed E-state index contributed by atoms with van der Waals surface area (Å²) in [5, 5.41) is 3.42. The van der Waals surface area contributed by atoms with E-state index < -0.39 is 17.5 Å². The maximum atomic E-state index is 14.3. The Kier molecular flexibility index (Phi) is 5.58. The van der Waals surface area contributed by atoms with E-state index in [9.17, 15) is 18.4 Å². The number of carbonyl (C=O) groups excluding carboxylic acids is 1. The molecule has 0 aliphatic carbocycles. The standard InChI is InChI=1S/C26H18F2N4O3/c1-32-14-19(17-9-11-30-26(34)24(17)32)18-13-16(31-25(33)21-4-2-3-10-29-21)6-8-22(18)35-23-7-5-15(27)12-20(23)28/h2-14H,1H3,(H,30,34)(H,31,33). The lowest BCUT2D eigenvalue weighted by Crippen LogP contribution is -2.13. The highest BCUT2D eigenvalue weighted by molar-refractivity contribution is 6.04. The molecule has 0 aliphatic heterocycles. The summed E-state index contributed by atoms with van der Waals surface area (Å²) in [5.41, 5.74) is 1.94. The van der Waals surface area contributed by atoms with Gasteiger partial charge in [0.25, 0.3) is 11.5 Å². The Hall–Kier alpha value is -4.79. The van der Waals surface area contributed by atoms with Crippen molar-refractivity contribution in [2.45, 2.75) is 0 Å². The number of aromatic nitrogens is 3. The molecule has 5 aromatic rings. The van der Waals surface area contributed by atoms with Crippen LogP contribution in [0.2, 0.25) is 0 Å². The molecule has 2 N–H and O–H groups in total. The lowest BCUT2D eigenvalue weighted by molar-refractivity contribution is 0.102. The van der Waals surface area contributed by atoms with Gasteiger partial charge >= 0.3 is 0 Å². The minimum absolute atomic E-state index is 0.170. The van der Waals surface area contributed by atoms with Crippen LogP contribution in [0.4, 0.5) is 14.5 Å². The lowest BCUT2D eigenvalue weighted by atomic mass is 10.0. The summed E-state index contributed by atoms with van der Waals surface area (Å²) >= 11 is 0. The van der Waals surface area contributed by atoms with Gasteiger partial charge in [-0.3, -0.25) is 14.6 Å². The summed E-state index contributed by atoms with van der Waals surface area (Å²) < 4.78 is 35.2. The van der Waals surface area contributed by atoms with E-state index >= 15 is 0 Å². The summed E-state index contributed by atoms with van der Waals surface area (Å²) in [4.78, 5) is 31.7. The van der Waals surface area contributed by atoms with Crippen molar-refractivity contribution in [1.82, 2.24) is 14.5 Å². The molecule has 0 spiro atoms. The zero-order valence-electron chi connectivity index (χ0n) is 18.4. The van der Waals surface area contributed by atoms with E-state index in [-0.39, 0.29) is 22.8 Å². The number of aryl methyl sites for hydroxylation is 1. The van der Waals surface area contributed by atoms with Crippen molar-refractivity contribution < 1.29 is 18.3 Å². The van der Waals surface area contributed by atoms with E-state index in [1.807, 2.05) is 0 Å². The molecule has 0 bridgehead atoms. The van der Waals surface area contributed by atoms with Gasteiger partial charge in [-0.25, -0.2) is 8.78 Å². The third-order valence-corrected chi connectivity index (χ3v) is 5.44. The molecule has 0 radical (unpaired) electrons. The molecule has 0 unspecified atom stereocenters. The largest absolute Gasteiger partial charge is 0.454 e. The zero-order valence-corrected chi connectivity index (χ0v) is 18.4. The molecule has 7 nitrogen and oxygen atoms in total. The van der Waals surface area contributed by atoms with E-state index in [1.165, 1.54) is 18.5 Å². The molecule has 1 amide bonds.